The van der Waals surface area contributed by atoms with E-state index in [9.17, 15) is 0 Å². The van der Waals surface area contributed by atoms with Crippen molar-refractivity contribution in [3.63, 3.8) is 0 Å². The molecule has 0 aliphatic heterocycles. The Morgan fingerprint density at radius 2 is 0.766 bits per heavy atom. The minimum Gasteiger partial charge on any atom is -0.456 e. The summed E-state index contributed by atoms with van der Waals surface area (Å²) in [6.07, 6.45) is 0. The first-order chi connectivity index (χ1) is 31.8. The van der Waals surface area contributed by atoms with Crippen LogP contribution < -0.4 is 0 Å². The number of benzene rings is 10. The fourth-order valence-corrected chi connectivity index (χ4v) is 10.7. The maximum absolute atomic E-state index is 6.28. The van der Waals surface area contributed by atoms with Gasteiger partial charge in [-0.3, -0.25) is 0 Å². The molecule has 298 valence electrons. The van der Waals surface area contributed by atoms with E-state index in [1.807, 2.05) is 12.1 Å². The van der Waals surface area contributed by atoms with Gasteiger partial charge < -0.3 is 18.1 Å². The quantitative estimate of drug-likeness (QED) is 0.170. The lowest BCUT2D eigenvalue weighted by atomic mass is 9.90. The molecule has 0 aliphatic rings. The maximum Gasteiger partial charge on any atom is 0.135 e. The van der Waals surface area contributed by atoms with Gasteiger partial charge in [0, 0.05) is 60.2 Å². The highest BCUT2D eigenvalue weighted by atomic mass is 16.3. The second-order valence-electron chi connectivity index (χ2n) is 16.9. The molecule has 0 bridgehead atoms. The summed E-state index contributed by atoms with van der Waals surface area (Å²) in [6.45, 7) is 0. The first-order valence-electron chi connectivity index (χ1n) is 21.9. The van der Waals surface area contributed by atoms with Crippen molar-refractivity contribution in [1.82, 2.24) is 13.7 Å². The van der Waals surface area contributed by atoms with E-state index >= 15 is 0 Å². The van der Waals surface area contributed by atoms with Crippen LogP contribution in [0.1, 0.15) is 0 Å². The normalized spacial score (nSPS) is 12.1. The lowest BCUT2D eigenvalue weighted by molar-refractivity contribution is 0.669. The van der Waals surface area contributed by atoms with Gasteiger partial charge in [0.1, 0.15) is 11.2 Å². The summed E-state index contributed by atoms with van der Waals surface area (Å²) >= 11 is 0. The second-order valence-corrected chi connectivity index (χ2v) is 16.9. The van der Waals surface area contributed by atoms with E-state index in [1.54, 1.807) is 0 Å². The van der Waals surface area contributed by atoms with E-state index < -0.39 is 0 Å². The molecule has 0 unspecified atom stereocenters. The number of nitrogens with zero attached hydrogens (tertiary/aromatic N) is 3. The Morgan fingerprint density at radius 1 is 0.250 bits per heavy atom. The maximum atomic E-state index is 6.28. The fourth-order valence-electron chi connectivity index (χ4n) is 10.7. The molecule has 0 N–H and O–H groups in total. The van der Waals surface area contributed by atoms with Crippen LogP contribution >= 0.6 is 0 Å². The largest absolute Gasteiger partial charge is 0.456 e. The van der Waals surface area contributed by atoms with Crippen molar-refractivity contribution >= 4 is 87.4 Å². The first kappa shape index (κ1) is 35.0. The molecule has 14 aromatic rings. The zero-order chi connectivity index (χ0) is 41.9. The van der Waals surface area contributed by atoms with E-state index in [2.05, 4.69) is 226 Å². The van der Waals surface area contributed by atoms with Gasteiger partial charge in [-0.15, -0.1) is 0 Å². The van der Waals surface area contributed by atoms with Crippen LogP contribution in [0.5, 0.6) is 0 Å². The Labute approximate surface area is 367 Å². The predicted molar refractivity (Wildman–Crippen MR) is 268 cm³/mol. The molecule has 10 aromatic carbocycles. The van der Waals surface area contributed by atoms with Gasteiger partial charge in [-0.25, -0.2) is 0 Å². The van der Waals surface area contributed by atoms with Crippen molar-refractivity contribution in [3.8, 4) is 39.3 Å². The van der Waals surface area contributed by atoms with Gasteiger partial charge >= 0.3 is 0 Å². The van der Waals surface area contributed by atoms with Gasteiger partial charge in [-0.2, -0.15) is 0 Å². The van der Waals surface area contributed by atoms with Crippen molar-refractivity contribution in [2.24, 2.45) is 0 Å². The van der Waals surface area contributed by atoms with Crippen molar-refractivity contribution in [3.05, 3.63) is 224 Å². The smallest absolute Gasteiger partial charge is 0.135 e. The molecule has 64 heavy (non-hydrogen) atoms. The predicted octanol–water partition coefficient (Wildman–Crippen LogP) is 16.2. The second kappa shape index (κ2) is 13.4. The summed E-state index contributed by atoms with van der Waals surface area (Å²) < 4.78 is 13.6. The molecule has 0 atom stereocenters. The van der Waals surface area contributed by atoms with E-state index in [4.69, 9.17) is 4.42 Å². The van der Waals surface area contributed by atoms with Crippen LogP contribution in [-0.2, 0) is 0 Å². The zero-order valence-corrected chi connectivity index (χ0v) is 34.6. The Hall–Kier alpha value is -8.60. The van der Waals surface area contributed by atoms with Gasteiger partial charge in [0.15, 0.2) is 0 Å². The Bertz CT molecular complexity index is 4180. The Balaban J connectivity index is 1.04. The molecule has 0 radical (unpaired) electrons. The van der Waals surface area contributed by atoms with Crippen molar-refractivity contribution in [1.29, 1.82) is 0 Å². The molecule has 4 heterocycles. The van der Waals surface area contributed by atoms with E-state index in [0.29, 0.717) is 0 Å². The summed E-state index contributed by atoms with van der Waals surface area (Å²) in [5.41, 5.74) is 17.0. The third kappa shape index (κ3) is 4.99. The third-order valence-corrected chi connectivity index (χ3v) is 13.4. The molecule has 4 nitrogen and oxygen atoms in total. The van der Waals surface area contributed by atoms with Crippen LogP contribution in [0.25, 0.3) is 127 Å². The van der Waals surface area contributed by atoms with Crippen LogP contribution in [0.3, 0.4) is 0 Å². The SMILES string of the molecule is c1ccc(-c2cc3c(cc2-c2cccc4c2c2ccccc2n4-c2ccc4c(c2)c2ccccc2n4-c2ccccc2)c2ccccc2n3-c2ccc3oc4ccccc4c3c2)cc1. The first-order valence-corrected chi connectivity index (χ1v) is 21.9. The van der Waals surface area contributed by atoms with Crippen LogP contribution in [0.2, 0.25) is 0 Å². The van der Waals surface area contributed by atoms with Crippen molar-refractivity contribution in [2.75, 3.05) is 0 Å². The van der Waals surface area contributed by atoms with Gasteiger partial charge in [0.05, 0.1) is 33.1 Å². The van der Waals surface area contributed by atoms with Gasteiger partial charge in [-0.05, 0) is 113 Å². The van der Waals surface area contributed by atoms with E-state index in [-0.39, 0.29) is 0 Å². The summed E-state index contributed by atoms with van der Waals surface area (Å²) in [4.78, 5) is 0. The lowest BCUT2D eigenvalue weighted by Gasteiger charge is -2.15. The molecule has 0 saturated carbocycles. The van der Waals surface area contributed by atoms with E-state index in [1.165, 1.54) is 82.2 Å². The number of hydrogen-bond acceptors (Lipinski definition) is 1. The molecule has 0 fully saturated rings. The number of furan rings is 1. The highest BCUT2D eigenvalue weighted by molar-refractivity contribution is 6.20. The van der Waals surface area contributed by atoms with Crippen molar-refractivity contribution in [2.45, 2.75) is 0 Å². The number of fused-ring (bicyclic) bond motifs is 12. The number of hydrogen-bond donors (Lipinski definition) is 0. The monoisotopic (exact) mass is 815 g/mol. The van der Waals surface area contributed by atoms with Gasteiger partial charge in [-0.1, -0.05) is 133 Å². The highest BCUT2D eigenvalue weighted by Crippen LogP contribution is 2.46. The summed E-state index contributed by atoms with van der Waals surface area (Å²) in [6, 6.07) is 81.7. The van der Waals surface area contributed by atoms with Crippen LogP contribution in [0.4, 0.5) is 0 Å². The summed E-state index contributed by atoms with van der Waals surface area (Å²) in [7, 11) is 0. The molecule has 14 rings (SSSR count). The number of para-hydroxylation sites is 5. The molecular formula is C60H37N3O. The molecule has 0 spiro atoms. The van der Waals surface area contributed by atoms with Gasteiger partial charge in [0.2, 0.25) is 0 Å². The summed E-state index contributed by atoms with van der Waals surface area (Å²) in [5, 5.41) is 9.60. The average molecular weight is 816 g/mol. The highest BCUT2D eigenvalue weighted by Gasteiger charge is 2.23. The molecule has 0 aliphatic carbocycles. The number of rotatable bonds is 5. The minimum atomic E-state index is 0.893. The Morgan fingerprint density at radius 3 is 1.52 bits per heavy atom. The molecule has 0 amide bonds. The minimum absolute atomic E-state index is 0.893. The van der Waals surface area contributed by atoms with E-state index in [0.717, 1.165) is 44.5 Å². The molecule has 4 heteroatoms. The van der Waals surface area contributed by atoms with Crippen LogP contribution in [0, 0.1) is 0 Å². The standard InChI is InChI=1S/C60H37N3O/c1-3-16-38(17-4-1)47-37-57-50(43-21-8-12-26-53(43)63(57)41-31-33-59-51(35-41)44-22-10-14-29-58(44)64-59)36-48(47)45-24-15-28-56-60(45)46-23-9-13-27-54(46)62(56)40-30-32-55-49(34-40)42-20-7-11-25-52(42)61(55)39-18-5-2-6-19-39/h1-37H. The molecule has 4 aromatic heterocycles. The Kier molecular flexibility index (Phi) is 7.36. The molecule has 0 saturated heterocycles. The average Bonchev–Trinajstić information content (AvgIpc) is 4.10. The number of aromatic nitrogens is 3. The van der Waals surface area contributed by atoms with Crippen LogP contribution in [-0.4, -0.2) is 13.7 Å². The summed E-state index contributed by atoms with van der Waals surface area (Å²) in [5.74, 6) is 0. The lowest BCUT2D eigenvalue weighted by Crippen LogP contribution is -1.96. The molecular weight excluding hydrogens is 779 g/mol. The van der Waals surface area contributed by atoms with Crippen LogP contribution in [0.15, 0.2) is 229 Å². The van der Waals surface area contributed by atoms with Crippen molar-refractivity contribution < 1.29 is 4.42 Å². The third-order valence-electron chi connectivity index (χ3n) is 13.4. The topological polar surface area (TPSA) is 27.9 Å². The fraction of sp³-hybridized carbons (Fsp3) is 0. The van der Waals surface area contributed by atoms with Gasteiger partial charge in [0.25, 0.3) is 0 Å². The zero-order valence-electron chi connectivity index (χ0n) is 34.6.